The minimum atomic E-state index is -1.68. The van der Waals surface area contributed by atoms with Gasteiger partial charge in [0.05, 0.1) is 4.75 Å². The molecule has 3 heteroatoms. The van der Waals surface area contributed by atoms with Crippen LogP contribution >= 0.6 is 0 Å². The van der Waals surface area contributed by atoms with Crippen LogP contribution < -0.4 is 0 Å². The van der Waals surface area contributed by atoms with Gasteiger partial charge in [0.15, 0.2) is 11.1 Å². The van der Waals surface area contributed by atoms with Crippen molar-refractivity contribution in [1.82, 2.24) is 0 Å². The summed E-state index contributed by atoms with van der Waals surface area (Å²) in [5.41, 5.74) is 0. The summed E-state index contributed by atoms with van der Waals surface area (Å²) in [6.45, 7) is 5.89. The van der Waals surface area contributed by atoms with Gasteiger partial charge in [-0.05, 0) is 20.3 Å². The minimum Gasteiger partial charge on any atom is -0.306 e. The van der Waals surface area contributed by atoms with E-state index in [-0.39, 0.29) is 0 Å². The summed E-state index contributed by atoms with van der Waals surface area (Å²) in [5, 5.41) is 0. The second kappa shape index (κ2) is 6.55. The zero-order valence-corrected chi connectivity index (χ0v) is 9.82. The molecular formula is C10H22O2S. The van der Waals surface area contributed by atoms with E-state index in [9.17, 15) is 4.21 Å². The minimum absolute atomic E-state index is 0.424. The molecule has 1 atom stereocenters. The van der Waals surface area contributed by atoms with E-state index in [0.29, 0.717) is 0 Å². The molecule has 0 heterocycles. The number of hydrogen-bond acceptors (Lipinski definition) is 1. The second-order valence-electron chi connectivity index (χ2n) is 4.17. The van der Waals surface area contributed by atoms with Gasteiger partial charge in [0.1, 0.15) is 0 Å². The Labute approximate surface area is 84.4 Å². The van der Waals surface area contributed by atoms with Crippen LogP contribution in [0.15, 0.2) is 0 Å². The van der Waals surface area contributed by atoms with Crippen LogP contribution in [0.25, 0.3) is 0 Å². The van der Waals surface area contributed by atoms with E-state index >= 15 is 0 Å². The molecule has 0 rings (SSSR count). The summed E-state index contributed by atoms with van der Waals surface area (Å²) >= 11 is -1.68. The maximum Gasteiger partial charge on any atom is 0.158 e. The molecule has 13 heavy (non-hydrogen) atoms. The first-order chi connectivity index (χ1) is 6.00. The molecule has 0 fully saturated rings. The number of hydrogen-bond donors (Lipinski definition) is 1. The van der Waals surface area contributed by atoms with E-state index < -0.39 is 15.8 Å². The van der Waals surface area contributed by atoms with Crippen molar-refractivity contribution in [3.8, 4) is 0 Å². The van der Waals surface area contributed by atoms with Gasteiger partial charge in [-0.15, -0.1) is 0 Å². The Bertz CT molecular complexity index is 155. The lowest BCUT2D eigenvalue weighted by Crippen LogP contribution is -2.25. The lowest BCUT2D eigenvalue weighted by molar-refractivity contribution is 0.480. The molecule has 0 saturated carbocycles. The topological polar surface area (TPSA) is 37.3 Å². The molecule has 2 nitrogen and oxygen atoms in total. The molecule has 1 unspecified atom stereocenters. The first-order valence-corrected chi connectivity index (χ1v) is 6.22. The average molecular weight is 206 g/mol. The Morgan fingerprint density at radius 3 is 2.15 bits per heavy atom. The molecule has 0 aromatic heterocycles. The third-order valence-electron chi connectivity index (χ3n) is 2.36. The van der Waals surface area contributed by atoms with Crippen LogP contribution in [-0.4, -0.2) is 13.5 Å². The number of rotatable bonds is 7. The van der Waals surface area contributed by atoms with Gasteiger partial charge in [-0.25, -0.2) is 4.21 Å². The van der Waals surface area contributed by atoms with Gasteiger partial charge in [0.25, 0.3) is 0 Å². The molecule has 0 aliphatic rings. The van der Waals surface area contributed by atoms with Gasteiger partial charge < -0.3 is 4.55 Å². The van der Waals surface area contributed by atoms with Crippen LogP contribution in [0.4, 0.5) is 0 Å². The highest BCUT2D eigenvalue weighted by molar-refractivity contribution is 7.80. The molecule has 0 radical (unpaired) electrons. The van der Waals surface area contributed by atoms with Gasteiger partial charge >= 0.3 is 0 Å². The van der Waals surface area contributed by atoms with Crippen molar-refractivity contribution in [2.24, 2.45) is 0 Å². The van der Waals surface area contributed by atoms with Crippen molar-refractivity contribution in [3.63, 3.8) is 0 Å². The quantitative estimate of drug-likeness (QED) is 0.512. The van der Waals surface area contributed by atoms with Gasteiger partial charge in [-0.3, -0.25) is 0 Å². The van der Waals surface area contributed by atoms with Crippen molar-refractivity contribution in [2.75, 3.05) is 0 Å². The van der Waals surface area contributed by atoms with E-state index in [1.165, 1.54) is 25.7 Å². The first kappa shape index (κ1) is 13.1. The van der Waals surface area contributed by atoms with Crippen LogP contribution in [0.3, 0.4) is 0 Å². The molecule has 0 aliphatic carbocycles. The SMILES string of the molecule is CCCCCCCC(C)(C)S(=O)O. The predicted molar refractivity (Wildman–Crippen MR) is 58.2 cm³/mol. The van der Waals surface area contributed by atoms with Crippen LogP contribution in [0, 0.1) is 0 Å². The molecular weight excluding hydrogens is 184 g/mol. The maximum atomic E-state index is 10.9. The fourth-order valence-corrected chi connectivity index (χ4v) is 1.56. The van der Waals surface area contributed by atoms with E-state index in [2.05, 4.69) is 6.92 Å². The predicted octanol–water partition coefficient (Wildman–Crippen LogP) is 3.35. The fourth-order valence-electron chi connectivity index (χ4n) is 1.24. The third kappa shape index (κ3) is 6.22. The van der Waals surface area contributed by atoms with Gasteiger partial charge in [-0.2, -0.15) is 0 Å². The Morgan fingerprint density at radius 1 is 1.15 bits per heavy atom. The summed E-state index contributed by atoms with van der Waals surface area (Å²) in [6, 6.07) is 0. The summed E-state index contributed by atoms with van der Waals surface area (Å²) in [4.78, 5) is 0. The van der Waals surface area contributed by atoms with Crippen LogP contribution in [-0.2, 0) is 11.1 Å². The van der Waals surface area contributed by atoms with Crippen molar-refractivity contribution in [3.05, 3.63) is 0 Å². The third-order valence-corrected chi connectivity index (χ3v) is 3.50. The Hall–Kier alpha value is 0.110. The van der Waals surface area contributed by atoms with Crippen molar-refractivity contribution in [1.29, 1.82) is 0 Å². The molecule has 0 aliphatic heterocycles. The first-order valence-electron chi connectivity index (χ1n) is 5.11. The van der Waals surface area contributed by atoms with Crippen molar-refractivity contribution < 1.29 is 8.76 Å². The van der Waals surface area contributed by atoms with Crippen molar-refractivity contribution in [2.45, 2.75) is 64.0 Å². The smallest absolute Gasteiger partial charge is 0.158 e. The molecule has 0 saturated heterocycles. The monoisotopic (exact) mass is 206 g/mol. The summed E-state index contributed by atoms with van der Waals surface area (Å²) in [5.74, 6) is 0. The van der Waals surface area contributed by atoms with Gasteiger partial charge in [-0.1, -0.05) is 39.0 Å². The molecule has 0 aromatic carbocycles. The molecule has 0 amide bonds. The summed E-state index contributed by atoms with van der Waals surface area (Å²) in [7, 11) is 0. The van der Waals surface area contributed by atoms with Crippen LogP contribution in [0.2, 0.25) is 0 Å². The van der Waals surface area contributed by atoms with E-state index in [1.54, 1.807) is 0 Å². The second-order valence-corrected chi connectivity index (χ2v) is 5.78. The highest BCUT2D eigenvalue weighted by Crippen LogP contribution is 2.20. The van der Waals surface area contributed by atoms with Crippen LogP contribution in [0.1, 0.15) is 59.3 Å². The summed E-state index contributed by atoms with van der Waals surface area (Å²) in [6.07, 6.45) is 6.89. The van der Waals surface area contributed by atoms with Gasteiger partial charge in [0.2, 0.25) is 0 Å². The molecule has 0 spiro atoms. The van der Waals surface area contributed by atoms with Crippen LogP contribution in [0.5, 0.6) is 0 Å². The highest BCUT2D eigenvalue weighted by atomic mass is 32.2. The van der Waals surface area contributed by atoms with E-state index in [0.717, 1.165) is 12.8 Å². The zero-order valence-electron chi connectivity index (χ0n) is 9.01. The molecule has 0 bridgehead atoms. The fraction of sp³-hybridized carbons (Fsp3) is 1.00. The lowest BCUT2D eigenvalue weighted by Gasteiger charge is -2.19. The summed E-state index contributed by atoms with van der Waals surface area (Å²) < 4.78 is 19.4. The number of unbranched alkanes of at least 4 members (excludes halogenated alkanes) is 4. The Morgan fingerprint density at radius 2 is 1.69 bits per heavy atom. The maximum absolute atomic E-state index is 10.9. The highest BCUT2D eigenvalue weighted by Gasteiger charge is 2.23. The van der Waals surface area contributed by atoms with E-state index in [1.807, 2.05) is 13.8 Å². The standard InChI is InChI=1S/C10H22O2S/c1-4-5-6-7-8-9-10(2,3)13(11)12/h4-9H2,1-3H3,(H,11,12). The molecule has 80 valence electrons. The lowest BCUT2D eigenvalue weighted by atomic mass is 10.0. The Balaban J connectivity index is 3.46. The zero-order chi connectivity index (χ0) is 10.3. The van der Waals surface area contributed by atoms with Gasteiger partial charge in [0, 0.05) is 0 Å². The van der Waals surface area contributed by atoms with Crippen molar-refractivity contribution >= 4 is 11.1 Å². The average Bonchev–Trinajstić information content (AvgIpc) is 2.03. The molecule has 1 N–H and O–H groups in total. The molecule has 0 aromatic rings. The van der Waals surface area contributed by atoms with E-state index in [4.69, 9.17) is 4.55 Å². The normalized spacial score (nSPS) is 14.5. The Kier molecular flexibility index (Phi) is 6.60. The largest absolute Gasteiger partial charge is 0.306 e.